The standard InChI is InChI=1S/C12H15NO2.2C2H6.H2/c1-8-5-4-6-11(7-8)12(15)13-9(2)10(3)14;2*1-2;/h4-7,9H,1-3H3,(H,13,15);2*1-2H3;1H/t9-;;;/m0.../s1. The van der Waals surface area contributed by atoms with Gasteiger partial charge in [0.2, 0.25) is 0 Å². The summed E-state index contributed by atoms with van der Waals surface area (Å²) in [5, 5.41) is 2.63. The summed E-state index contributed by atoms with van der Waals surface area (Å²) in [6.45, 7) is 13.1. The van der Waals surface area contributed by atoms with Crippen molar-refractivity contribution >= 4 is 11.7 Å². The third-order valence-corrected chi connectivity index (χ3v) is 2.24. The lowest BCUT2D eigenvalue weighted by Gasteiger charge is -2.10. The van der Waals surface area contributed by atoms with E-state index in [1.807, 2.05) is 46.8 Å². The Morgan fingerprint density at radius 1 is 1.16 bits per heavy atom. The summed E-state index contributed by atoms with van der Waals surface area (Å²) in [6, 6.07) is 6.84. The van der Waals surface area contributed by atoms with E-state index in [0.717, 1.165) is 5.56 Å². The molecule has 0 fully saturated rings. The molecule has 3 heteroatoms. The monoisotopic (exact) mass is 267 g/mol. The maximum absolute atomic E-state index is 11.6. The van der Waals surface area contributed by atoms with E-state index < -0.39 is 6.04 Å². The van der Waals surface area contributed by atoms with Gasteiger partial charge in [-0.1, -0.05) is 45.4 Å². The molecule has 0 aliphatic carbocycles. The van der Waals surface area contributed by atoms with Crippen molar-refractivity contribution < 1.29 is 11.0 Å². The smallest absolute Gasteiger partial charge is 0.251 e. The molecular formula is C16H29NO2. The van der Waals surface area contributed by atoms with Gasteiger partial charge in [0.05, 0.1) is 6.04 Å². The first kappa shape index (κ1) is 19.7. The summed E-state index contributed by atoms with van der Waals surface area (Å²) < 4.78 is 0. The first-order valence-electron chi connectivity index (χ1n) is 6.88. The van der Waals surface area contributed by atoms with Gasteiger partial charge in [0.25, 0.3) is 5.91 Å². The number of carbonyl (C=O) groups excluding carboxylic acids is 2. The van der Waals surface area contributed by atoms with Crippen molar-refractivity contribution in [2.24, 2.45) is 0 Å². The number of Topliss-reactive ketones (excluding diaryl/α,β-unsaturated/α-hetero) is 1. The van der Waals surface area contributed by atoms with Gasteiger partial charge in [-0.3, -0.25) is 9.59 Å². The van der Waals surface area contributed by atoms with Crippen LogP contribution in [0.5, 0.6) is 0 Å². The van der Waals surface area contributed by atoms with Crippen molar-refractivity contribution in [2.45, 2.75) is 54.5 Å². The summed E-state index contributed by atoms with van der Waals surface area (Å²) in [5.74, 6) is -0.252. The van der Waals surface area contributed by atoms with Crippen molar-refractivity contribution in [2.75, 3.05) is 0 Å². The number of ketones is 1. The second-order valence-electron chi connectivity index (χ2n) is 3.68. The van der Waals surface area contributed by atoms with Crippen molar-refractivity contribution in [1.82, 2.24) is 5.32 Å². The molecule has 0 spiro atoms. The zero-order valence-electron chi connectivity index (χ0n) is 13.2. The zero-order chi connectivity index (χ0) is 15.4. The average Bonchev–Trinajstić information content (AvgIpc) is 2.43. The lowest BCUT2D eigenvalue weighted by Crippen LogP contribution is -2.37. The van der Waals surface area contributed by atoms with Crippen LogP contribution in [-0.2, 0) is 4.79 Å². The normalized spacial score (nSPS) is 10.1. The number of amides is 1. The van der Waals surface area contributed by atoms with Gasteiger partial charge < -0.3 is 5.32 Å². The molecule has 0 unspecified atom stereocenters. The van der Waals surface area contributed by atoms with Crippen LogP contribution in [0.25, 0.3) is 0 Å². The van der Waals surface area contributed by atoms with Crippen LogP contribution >= 0.6 is 0 Å². The Bertz CT molecular complexity index is 392. The average molecular weight is 267 g/mol. The molecule has 110 valence electrons. The molecule has 1 atom stereocenters. The van der Waals surface area contributed by atoms with Crippen LogP contribution < -0.4 is 5.32 Å². The summed E-state index contributed by atoms with van der Waals surface area (Å²) in [5.41, 5.74) is 1.61. The van der Waals surface area contributed by atoms with E-state index in [4.69, 9.17) is 0 Å². The van der Waals surface area contributed by atoms with Crippen LogP contribution in [0.3, 0.4) is 0 Å². The minimum atomic E-state index is -0.432. The molecule has 0 heterocycles. The molecular weight excluding hydrogens is 238 g/mol. The van der Waals surface area contributed by atoms with Crippen LogP contribution in [0, 0.1) is 6.92 Å². The predicted molar refractivity (Wildman–Crippen MR) is 83.6 cm³/mol. The Morgan fingerprint density at radius 3 is 2.11 bits per heavy atom. The van der Waals surface area contributed by atoms with Crippen LogP contribution in [0.4, 0.5) is 0 Å². The molecule has 0 bridgehead atoms. The molecule has 0 radical (unpaired) electrons. The fourth-order valence-corrected chi connectivity index (χ4v) is 1.17. The third kappa shape index (κ3) is 8.14. The molecule has 0 aliphatic heterocycles. The Morgan fingerprint density at radius 2 is 1.68 bits per heavy atom. The molecule has 0 saturated carbocycles. The minimum absolute atomic E-state index is 0. The Balaban J connectivity index is -0.000000529. The quantitative estimate of drug-likeness (QED) is 0.899. The van der Waals surface area contributed by atoms with Gasteiger partial charge in [-0.05, 0) is 32.9 Å². The Hall–Kier alpha value is -1.64. The summed E-state index contributed by atoms with van der Waals surface area (Å²) in [7, 11) is 0. The minimum Gasteiger partial charge on any atom is -0.343 e. The van der Waals surface area contributed by atoms with Gasteiger partial charge in [0.1, 0.15) is 0 Å². The second-order valence-corrected chi connectivity index (χ2v) is 3.68. The van der Waals surface area contributed by atoms with E-state index in [-0.39, 0.29) is 13.1 Å². The Labute approximate surface area is 118 Å². The van der Waals surface area contributed by atoms with Gasteiger partial charge in [-0.2, -0.15) is 0 Å². The van der Waals surface area contributed by atoms with Crippen molar-refractivity contribution in [3.8, 4) is 0 Å². The van der Waals surface area contributed by atoms with Crippen LogP contribution in [0.2, 0.25) is 0 Å². The van der Waals surface area contributed by atoms with E-state index in [9.17, 15) is 9.59 Å². The van der Waals surface area contributed by atoms with E-state index in [0.29, 0.717) is 5.56 Å². The van der Waals surface area contributed by atoms with Crippen molar-refractivity contribution in [3.63, 3.8) is 0 Å². The highest BCUT2D eigenvalue weighted by atomic mass is 16.2. The molecule has 1 aromatic carbocycles. The van der Waals surface area contributed by atoms with E-state index in [1.54, 1.807) is 19.1 Å². The second kappa shape index (κ2) is 11.5. The number of benzene rings is 1. The summed E-state index contributed by atoms with van der Waals surface area (Å²) in [4.78, 5) is 22.6. The number of hydrogen-bond acceptors (Lipinski definition) is 2. The highest BCUT2D eigenvalue weighted by molar-refractivity contribution is 5.97. The molecule has 19 heavy (non-hydrogen) atoms. The number of rotatable bonds is 3. The first-order valence-corrected chi connectivity index (χ1v) is 6.88. The van der Waals surface area contributed by atoms with Gasteiger partial charge in [-0.15, -0.1) is 0 Å². The van der Waals surface area contributed by atoms with E-state index >= 15 is 0 Å². The molecule has 1 aromatic rings. The van der Waals surface area contributed by atoms with Crippen LogP contribution in [0.1, 0.15) is 58.9 Å². The number of nitrogens with one attached hydrogen (secondary N) is 1. The van der Waals surface area contributed by atoms with E-state index in [2.05, 4.69) is 5.32 Å². The lowest BCUT2D eigenvalue weighted by molar-refractivity contribution is -0.118. The molecule has 0 aliphatic rings. The van der Waals surface area contributed by atoms with Crippen LogP contribution in [-0.4, -0.2) is 17.7 Å². The fourth-order valence-electron chi connectivity index (χ4n) is 1.17. The molecule has 0 aromatic heterocycles. The van der Waals surface area contributed by atoms with Gasteiger partial charge >= 0.3 is 0 Å². The fraction of sp³-hybridized carbons (Fsp3) is 0.500. The first-order chi connectivity index (χ1) is 9.00. The Kier molecular flexibility index (Phi) is 11.9. The summed E-state index contributed by atoms with van der Waals surface area (Å²) in [6.07, 6.45) is 0. The molecule has 1 N–H and O–H groups in total. The van der Waals surface area contributed by atoms with Crippen molar-refractivity contribution in [1.29, 1.82) is 0 Å². The van der Waals surface area contributed by atoms with E-state index in [1.165, 1.54) is 6.92 Å². The van der Waals surface area contributed by atoms with Gasteiger partial charge in [0.15, 0.2) is 5.78 Å². The topological polar surface area (TPSA) is 46.2 Å². The predicted octanol–water partition coefficient (Wildman–Crippen LogP) is 4.00. The maximum atomic E-state index is 11.6. The zero-order valence-corrected chi connectivity index (χ0v) is 13.2. The van der Waals surface area contributed by atoms with Crippen LogP contribution in [0.15, 0.2) is 24.3 Å². The molecule has 1 rings (SSSR count). The SMILES string of the molecule is CC.CC.CC(=O)[C@H](C)NC(=O)c1cccc(C)c1.[HH]. The highest BCUT2D eigenvalue weighted by Crippen LogP contribution is 2.04. The third-order valence-electron chi connectivity index (χ3n) is 2.24. The molecule has 0 saturated heterocycles. The molecule has 1 amide bonds. The molecule has 3 nitrogen and oxygen atoms in total. The van der Waals surface area contributed by atoms with Gasteiger partial charge in [-0.25, -0.2) is 0 Å². The maximum Gasteiger partial charge on any atom is 0.251 e. The largest absolute Gasteiger partial charge is 0.343 e. The number of aryl methyl sites for hydroxylation is 1. The highest BCUT2D eigenvalue weighted by Gasteiger charge is 2.12. The van der Waals surface area contributed by atoms with Crippen molar-refractivity contribution in [3.05, 3.63) is 35.4 Å². The summed E-state index contributed by atoms with van der Waals surface area (Å²) >= 11 is 0. The number of carbonyl (C=O) groups is 2. The lowest BCUT2D eigenvalue weighted by atomic mass is 10.1. The van der Waals surface area contributed by atoms with Gasteiger partial charge in [0, 0.05) is 6.99 Å². The number of hydrogen-bond donors (Lipinski definition) is 1.